The lowest BCUT2D eigenvalue weighted by Crippen LogP contribution is -2.37. The monoisotopic (exact) mass is 597 g/mol. The third kappa shape index (κ3) is 6.23. The predicted molar refractivity (Wildman–Crippen MR) is 153 cm³/mol. The molecule has 37 heavy (non-hydrogen) atoms. The highest BCUT2D eigenvalue weighted by Crippen LogP contribution is 2.41. The van der Waals surface area contributed by atoms with E-state index in [1.54, 1.807) is 42.5 Å². The molecule has 1 unspecified atom stereocenters. The largest absolute Gasteiger partial charge is 0.490 e. The summed E-state index contributed by atoms with van der Waals surface area (Å²) in [6, 6.07) is 19.1. The van der Waals surface area contributed by atoms with Crippen LogP contribution in [0.5, 0.6) is 11.5 Å². The van der Waals surface area contributed by atoms with Crippen molar-refractivity contribution in [2.75, 3.05) is 6.61 Å². The molecule has 3 aromatic carbocycles. The van der Waals surface area contributed by atoms with Gasteiger partial charge in [0, 0.05) is 0 Å². The molecule has 1 heterocycles. The maximum absolute atomic E-state index is 13.3. The zero-order chi connectivity index (χ0) is 26.5. The van der Waals surface area contributed by atoms with Gasteiger partial charge in [0.15, 0.2) is 17.5 Å². The number of thiocarbonyl (C=S) groups is 1. The highest BCUT2D eigenvalue weighted by Gasteiger charge is 2.41. The minimum absolute atomic E-state index is 0.190. The van der Waals surface area contributed by atoms with Gasteiger partial charge in [0.25, 0.3) is 5.91 Å². The molecule has 0 radical (unpaired) electrons. The fraction of sp³-hybridized carbons (Fsp3) is 0.179. The molecule has 190 valence electrons. The Balaban J connectivity index is 1.62. The van der Waals surface area contributed by atoms with E-state index in [9.17, 15) is 14.7 Å². The number of aryl methyl sites for hydroxylation is 1. The summed E-state index contributed by atoms with van der Waals surface area (Å²) in [7, 11) is 0. The Hall–Kier alpha value is -3.14. The summed E-state index contributed by atoms with van der Waals surface area (Å²) in [6.45, 7) is 4.71. The Kier molecular flexibility index (Phi) is 8.68. The molecule has 0 saturated carbocycles. The van der Waals surface area contributed by atoms with Crippen molar-refractivity contribution in [3.8, 4) is 11.5 Å². The van der Waals surface area contributed by atoms with Crippen molar-refractivity contribution >= 4 is 62.2 Å². The van der Waals surface area contributed by atoms with Gasteiger partial charge in [-0.1, -0.05) is 84.1 Å². The van der Waals surface area contributed by atoms with Crippen LogP contribution in [0, 0.1) is 6.92 Å². The average Bonchev–Trinajstić information content (AvgIpc) is 3.12. The number of ether oxygens (including phenoxy) is 2. The van der Waals surface area contributed by atoms with Crippen molar-refractivity contribution in [1.29, 1.82) is 0 Å². The van der Waals surface area contributed by atoms with E-state index in [-0.39, 0.29) is 4.32 Å². The molecule has 0 bridgehead atoms. The first kappa shape index (κ1) is 26.9. The quantitative estimate of drug-likeness (QED) is 0.215. The normalized spacial score (nSPS) is 15.2. The highest BCUT2D eigenvalue weighted by atomic mass is 79.9. The first-order valence-electron chi connectivity index (χ1n) is 11.5. The minimum atomic E-state index is -1.21. The molecule has 1 aliphatic rings. The van der Waals surface area contributed by atoms with Crippen molar-refractivity contribution < 1.29 is 24.2 Å². The lowest BCUT2D eigenvalue weighted by atomic mass is 10.1. The van der Waals surface area contributed by atoms with Crippen LogP contribution in [0.1, 0.15) is 35.2 Å². The van der Waals surface area contributed by atoms with Gasteiger partial charge in [-0.2, -0.15) is 0 Å². The Morgan fingerprint density at radius 2 is 1.89 bits per heavy atom. The molecule has 6 nitrogen and oxygen atoms in total. The maximum Gasteiger partial charge on any atom is 0.331 e. The van der Waals surface area contributed by atoms with E-state index in [1.165, 1.54) is 0 Å². The number of carbonyl (C=O) groups excluding carboxylic acids is 1. The van der Waals surface area contributed by atoms with Crippen molar-refractivity contribution in [1.82, 2.24) is 4.90 Å². The Morgan fingerprint density at radius 1 is 1.14 bits per heavy atom. The molecule has 0 aromatic heterocycles. The summed E-state index contributed by atoms with van der Waals surface area (Å²) in [5, 5.41) is 9.89. The number of halogens is 1. The van der Waals surface area contributed by atoms with E-state index in [1.807, 2.05) is 38.1 Å². The van der Waals surface area contributed by atoms with Gasteiger partial charge in [0.05, 0.1) is 16.0 Å². The number of hydrogen-bond donors (Lipinski definition) is 1. The molecular weight excluding hydrogens is 574 g/mol. The van der Waals surface area contributed by atoms with Crippen LogP contribution in [0.4, 0.5) is 0 Å². The maximum atomic E-state index is 13.3. The second kappa shape index (κ2) is 11.9. The van der Waals surface area contributed by atoms with Gasteiger partial charge in [0.2, 0.25) is 0 Å². The Labute approximate surface area is 233 Å². The van der Waals surface area contributed by atoms with Crippen LogP contribution in [0.3, 0.4) is 0 Å². The summed E-state index contributed by atoms with van der Waals surface area (Å²) in [5.41, 5.74) is 3.35. The number of hydrogen-bond acceptors (Lipinski definition) is 6. The average molecular weight is 599 g/mol. The molecule has 1 amide bonds. The van der Waals surface area contributed by atoms with Gasteiger partial charge in [-0.05, 0) is 64.7 Å². The van der Waals surface area contributed by atoms with Crippen LogP contribution < -0.4 is 9.47 Å². The van der Waals surface area contributed by atoms with Gasteiger partial charge < -0.3 is 14.6 Å². The lowest BCUT2D eigenvalue weighted by Gasteiger charge is -2.23. The van der Waals surface area contributed by atoms with Crippen molar-refractivity contribution in [2.24, 2.45) is 0 Å². The number of thioether (sulfide) groups is 1. The second-order valence-electron chi connectivity index (χ2n) is 8.24. The van der Waals surface area contributed by atoms with Gasteiger partial charge >= 0.3 is 5.97 Å². The van der Waals surface area contributed by atoms with Crippen LogP contribution in [0.25, 0.3) is 6.08 Å². The van der Waals surface area contributed by atoms with Crippen LogP contribution in [-0.4, -0.2) is 32.8 Å². The fourth-order valence-electron chi connectivity index (χ4n) is 3.92. The van der Waals surface area contributed by atoms with Gasteiger partial charge in [-0.25, -0.2) is 4.79 Å². The number of carboxylic acid groups (broad SMARTS) is 1. The minimum Gasteiger partial charge on any atom is -0.490 e. The molecule has 1 fully saturated rings. The Bertz CT molecular complexity index is 1380. The van der Waals surface area contributed by atoms with Gasteiger partial charge in [0.1, 0.15) is 10.9 Å². The number of benzene rings is 3. The summed E-state index contributed by atoms with van der Waals surface area (Å²) in [4.78, 5) is 26.9. The lowest BCUT2D eigenvalue weighted by molar-refractivity contribution is -0.145. The van der Waals surface area contributed by atoms with E-state index < -0.39 is 17.9 Å². The molecule has 9 heteroatoms. The predicted octanol–water partition coefficient (Wildman–Crippen LogP) is 6.76. The molecule has 0 aliphatic carbocycles. The summed E-state index contributed by atoms with van der Waals surface area (Å²) >= 11 is 10.1. The molecule has 3 aromatic rings. The smallest absolute Gasteiger partial charge is 0.331 e. The van der Waals surface area contributed by atoms with Crippen LogP contribution in [-0.2, 0) is 16.2 Å². The second-order valence-corrected chi connectivity index (χ2v) is 10.8. The van der Waals surface area contributed by atoms with Crippen molar-refractivity contribution in [3.05, 3.63) is 98.4 Å². The zero-order valence-electron chi connectivity index (χ0n) is 20.1. The van der Waals surface area contributed by atoms with Crippen molar-refractivity contribution in [2.45, 2.75) is 26.5 Å². The highest BCUT2D eigenvalue weighted by molar-refractivity contribution is 9.10. The molecule has 1 atom stereocenters. The van der Waals surface area contributed by atoms with Crippen LogP contribution in [0.2, 0.25) is 0 Å². The first-order valence-corrected chi connectivity index (χ1v) is 13.5. The van der Waals surface area contributed by atoms with E-state index in [0.29, 0.717) is 45.2 Å². The van der Waals surface area contributed by atoms with E-state index in [0.717, 1.165) is 27.8 Å². The third-order valence-corrected chi connectivity index (χ3v) is 7.45. The molecule has 1 saturated heterocycles. The van der Waals surface area contributed by atoms with Gasteiger partial charge in [-0.15, -0.1) is 0 Å². The van der Waals surface area contributed by atoms with Crippen molar-refractivity contribution in [3.63, 3.8) is 0 Å². The molecular formula is C28H24BrNO5S2. The van der Waals surface area contributed by atoms with Crippen LogP contribution in [0.15, 0.2) is 76.1 Å². The Morgan fingerprint density at radius 3 is 2.57 bits per heavy atom. The molecule has 1 aliphatic heterocycles. The number of carboxylic acids is 1. The number of aliphatic carboxylic acids is 1. The topological polar surface area (TPSA) is 76.1 Å². The summed E-state index contributed by atoms with van der Waals surface area (Å²) in [6.07, 6.45) is 1.68. The fourth-order valence-corrected chi connectivity index (χ4v) is 5.81. The van der Waals surface area contributed by atoms with E-state index in [4.69, 9.17) is 21.7 Å². The standard InChI is InChI=1S/C28H24BrNO5S2/c1-3-34-22-14-19(13-21(29)25(22)35-16-18-9-7-8-17(2)12-18)15-23-26(31)30(28(36)37-23)24(27(32)33)20-10-5-4-6-11-20/h4-15,24H,3,16H2,1-2H3,(H,32,33)/b23-15+. The van der Waals surface area contributed by atoms with Gasteiger partial charge in [-0.3, -0.25) is 9.69 Å². The molecule has 1 N–H and O–H groups in total. The third-order valence-electron chi connectivity index (χ3n) is 5.53. The molecule has 0 spiro atoms. The summed E-state index contributed by atoms with van der Waals surface area (Å²) in [5.74, 6) is -0.526. The zero-order valence-corrected chi connectivity index (χ0v) is 23.4. The number of carbonyl (C=O) groups is 2. The van der Waals surface area contributed by atoms with E-state index in [2.05, 4.69) is 22.0 Å². The van der Waals surface area contributed by atoms with E-state index >= 15 is 0 Å². The number of amides is 1. The van der Waals surface area contributed by atoms with Crippen LogP contribution >= 0.6 is 39.9 Å². The molecule has 4 rings (SSSR count). The first-order chi connectivity index (χ1) is 17.8. The summed E-state index contributed by atoms with van der Waals surface area (Å²) < 4.78 is 12.8. The number of rotatable bonds is 9. The SMILES string of the molecule is CCOc1cc(/C=C2/SC(=S)N(C(C(=O)O)c3ccccc3)C2=O)cc(Br)c1OCc1cccc(C)c1. The number of nitrogens with zero attached hydrogens (tertiary/aromatic N) is 1.